The molecule has 1 aromatic rings. The maximum Gasteiger partial charge on any atom is 0.416 e. The lowest BCUT2D eigenvalue weighted by molar-refractivity contribution is -0.148. The molecule has 0 saturated heterocycles. The van der Waals surface area contributed by atoms with E-state index in [0.29, 0.717) is 5.56 Å². The fraction of sp³-hybridized carbons (Fsp3) is 0.471. The van der Waals surface area contributed by atoms with Gasteiger partial charge in [-0.2, -0.15) is 13.2 Å². The largest absolute Gasteiger partial charge is 0.466 e. The van der Waals surface area contributed by atoms with Crippen molar-refractivity contribution in [2.75, 3.05) is 6.61 Å². The Balaban J connectivity index is 2.67. The van der Waals surface area contributed by atoms with E-state index in [0.717, 1.165) is 12.1 Å². The van der Waals surface area contributed by atoms with Crippen LogP contribution in [0.15, 0.2) is 24.3 Å². The Morgan fingerprint density at radius 2 is 1.77 bits per heavy atom. The second kappa shape index (κ2) is 9.21. The number of hydrogen-bond acceptors (Lipinski definition) is 4. The summed E-state index contributed by atoms with van der Waals surface area (Å²) >= 11 is 0. The van der Waals surface area contributed by atoms with Crippen LogP contribution in [0.5, 0.6) is 0 Å². The molecule has 1 aromatic carbocycles. The third-order valence-electron chi connectivity index (χ3n) is 3.60. The van der Waals surface area contributed by atoms with Crippen LogP contribution in [0.1, 0.15) is 31.4 Å². The molecule has 0 heterocycles. The monoisotopic (exact) mass is 374 g/mol. The molecular weight excluding hydrogens is 353 g/mol. The molecule has 0 saturated carbocycles. The third kappa shape index (κ3) is 6.73. The first-order chi connectivity index (χ1) is 12.0. The number of carbonyl (C=O) groups is 3. The molecule has 0 bridgehead atoms. The average Bonchev–Trinajstić information content (AvgIpc) is 2.53. The van der Waals surface area contributed by atoms with Gasteiger partial charge in [0.1, 0.15) is 6.04 Å². The van der Waals surface area contributed by atoms with Crippen LogP contribution >= 0.6 is 0 Å². The molecule has 0 fully saturated rings. The van der Waals surface area contributed by atoms with Gasteiger partial charge >= 0.3 is 12.1 Å². The first kappa shape index (κ1) is 21.5. The summed E-state index contributed by atoms with van der Waals surface area (Å²) < 4.78 is 42.4. The molecule has 2 amide bonds. The molecule has 144 valence electrons. The minimum absolute atomic E-state index is 0.0348. The van der Waals surface area contributed by atoms with Crippen LogP contribution in [0.4, 0.5) is 13.2 Å². The number of nitrogens with two attached hydrogens (primary N) is 1. The zero-order chi connectivity index (χ0) is 19.9. The number of primary amides is 1. The van der Waals surface area contributed by atoms with Crippen molar-refractivity contribution in [3.05, 3.63) is 35.4 Å². The molecule has 6 nitrogen and oxygen atoms in total. The lowest BCUT2D eigenvalue weighted by Crippen LogP contribution is -2.46. The number of nitrogens with one attached hydrogen (secondary N) is 1. The van der Waals surface area contributed by atoms with Crippen LogP contribution in [0.3, 0.4) is 0 Å². The minimum Gasteiger partial charge on any atom is -0.466 e. The van der Waals surface area contributed by atoms with Crippen LogP contribution in [-0.2, 0) is 31.7 Å². The van der Waals surface area contributed by atoms with Crippen LogP contribution in [0.2, 0.25) is 0 Å². The molecule has 0 radical (unpaired) electrons. The molecule has 2 atom stereocenters. The van der Waals surface area contributed by atoms with Crippen molar-refractivity contribution in [2.24, 2.45) is 11.7 Å². The Labute approximate surface area is 148 Å². The van der Waals surface area contributed by atoms with Crippen molar-refractivity contribution >= 4 is 17.8 Å². The second-order valence-corrected chi connectivity index (χ2v) is 5.78. The Hall–Kier alpha value is -2.58. The maximum absolute atomic E-state index is 12.5. The summed E-state index contributed by atoms with van der Waals surface area (Å²) in [6.07, 6.45) is -4.72. The highest BCUT2D eigenvalue weighted by Crippen LogP contribution is 2.29. The van der Waals surface area contributed by atoms with Crippen molar-refractivity contribution in [1.82, 2.24) is 5.32 Å². The molecule has 0 aliphatic heterocycles. The van der Waals surface area contributed by atoms with Gasteiger partial charge in [-0.3, -0.25) is 14.4 Å². The van der Waals surface area contributed by atoms with Crippen molar-refractivity contribution in [3.63, 3.8) is 0 Å². The summed E-state index contributed by atoms with van der Waals surface area (Å²) in [4.78, 5) is 35.1. The summed E-state index contributed by atoms with van der Waals surface area (Å²) in [5, 5.41) is 2.39. The third-order valence-corrected chi connectivity index (χ3v) is 3.60. The van der Waals surface area contributed by atoms with Crippen LogP contribution in [-0.4, -0.2) is 30.4 Å². The topological polar surface area (TPSA) is 98.5 Å². The van der Waals surface area contributed by atoms with Crippen molar-refractivity contribution in [3.8, 4) is 0 Å². The predicted molar refractivity (Wildman–Crippen MR) is 86.7 cm³/mol. The number of amides is 2. The zero-order valence-electron chi connectivity index (χ0n) is 14.4. The number of ether oxygens (including phenoxy) is 1. The number of hydrogen-bond donors (Lipinski definition) is 2. The van der Waals surface area contributed by atoms with Gasteiger partial charge in [-0.25, -0.2) is 0 Å². The summed E-state index contributed by atoms with van der Waals surface area (Å²) in [6, 6.07) is 3.02. The van der Waals surface area contributed by atoms with Gasteiger partial charge in [0.25, 0.3) is 0 Å². The molecule has 0 aromatic heterocycles. The highest BCUT2D eigenvalue weighted by atomic mass is 19.4. The molecule has 9 heteroatoms. The molecule has 3 N–H and O–H groups in total. The molecule has 0 aliphatic carbocycles. The number of carbonyl (C=O) groups excluding carboxylic acids is 3. The zero-order valence-corrected chi connectivity index (χ0v) is 14.4. The average molecular weight is 374 g/mol. The molecule has 0 spiro atoms. The fourth-order valence-electron chi connectivity index (χ4n) is 2.22. The summed E-state index contributed by atoms with van der Waals surface area (Å²) in [6.45, 7) is 3.36. The van der Waals surface area contributed by atoms with Gasteiger partial charge in [0.05, 0.1) is 24.5 Å². The second-order valence-electron chi connectivity index (χ2n) is 5.78. The normalized spacial score (nSPS) is 13.6. The quantitative estimate of drug-likeness (QED) is 0.678. The van der Waals surface area contributed by atoms with Crippen LogP contribution in [0.25, 0.3) is 0 Å². The lowest BCUT2D eigenvalue weighted by Gasteiger charge is -2.19. The fourth-order valence-corrected chi connectivity index (χ4v) is 2.22. The standard InChI is InChI=1S/C17H21F3N2O4/c1-3-26-16(25)10(2)8-13(15(21)24)22-14(23)9-11-4-6-12(7-5-11)17(18,19)20/h4-7,10,13H,3,8-9H2,1-2H3,(H2,21,24)(H,22,23)/t10-,13-/m0/s1. The van der Waals surface area contributed by atoms with Gasteiger partial charge < -0.3 is 15.8 Å². The summed E-state index contributed by atoms with van der Waals surface area (Å²) in [5.74, 6) is -2.58. The number of benzene rings is 1. The highest BCUT2D eigenvalue weighted by molar-refractivity contribution is 5.88. The number of esters is 1. The van der Waals surface area contributed by atoms with Gasteiger partial charge in [0.2, 0.25) is 11.8 Å². The van der Waals surface area contributed by atoms with Crippen molar-refractivity contribution < 1.29 is 32.3 Å². The Morgan fingerprint density at radius 3 is 2.23 bits per heavy atom. The first-order valence-electron chi connectivity index (χ1n) is 7.96. The Kier molecular flexibility index (Phi) is 7.60. The number of halogens is 3. The van der Waals surface area contributed by atoms with Gasteiger partial charge in [0.15, 0.2) is 0 Å². The first-order valence-corrected chi connectivity index (χ1v) is 7.96. The smallest absolute Gasteiger partial charge is 0.416 e. The van der Waals surface area contributed by atoms with Gasteiger partial charge in [-0.15, -0.1) is 0 Å². The van der Waals surface area contributed by atoms with E-state index in [1.807, 2.05) is 0 Å². The van der Waals surface area contributed by atoms with Gasteiger partial charge in [-0.1, -0.05) is 19.1 Å². The van der Waals surface area contributed by atoms with Crippen LogP contribution in [0, 0.1) is 5.92 Å². The van der Waals surface area contributed by atoms with Gasteiger partial charge in [0, 0.05) is 0 Å². The van der Waals surface area contributed by atoms with E-state index in [2.05, 4.69) is 5.32 Å². The minimum atomic E-state index is -4.46. The Morgan fingerprint density at radius 1 is 1.19 bits per heavy atom. The lowest BCUT2D eigenvalue weighted by atomic mass is 10.0. The van der Waals surface area contributed by atoms with Crippen molar-refractivity contribution in [2.45, 2.75) is 38.9 Å². The van der Waals surface area contributed by atoms with Crippen LogP contribution < -0.4 is 11.1 Å². The summed E-state index contributed by atoms with van der Waals surface area (Å²) in [7, 11) is 0. The summed E-state index contributed by atoms with van der Waals surface area (Å²) in [5.41, 5.74) is 4.76. The highest BCUT2D eigenvalue weighted by Gasteiger charge is 2.30. The van der Waals surface area contributed by atoms with E-state index in [1.54, 1.807) is 6.92 Å². The number of rotatable bonds is 8. The van der Waals surface area contributed by atoms with E-state index in [4.69, 9.17) is 10.5 Å². The van der Waals surface area contributed by atoms with E-state index < -0.39 is 41.5 Å². The molecule has 0 aliphatic rings. The van der Waals surface area contributed by atoms with E-state index in [1.165, 1.54) is 19.1 Å². The number of alkyl halides is 3. The maximum atomic E-state index is 12.5. The predicted octanol–water partition coefficient (Wildman–Crippen LogP) is 1.81. The molecule has 0 unspecified atom stereocenters. The van der Waals surface area contributed by atoms with E-state index in [-0.39, 0.29) is 19.4 Å². The SMILES string of the molecule is CCOC(=O)[C@@H](C)C[C@H](NC(=O)Cc1ccc(C(F)(F)F)cc1)C(N)=O. The molecular formula is C17H21F3N2O4. The van der Waals surface area contributed by atoms with E-state index >= 15 is 0 Å². The van der Waals surface area contributed by atoms with Gasteiger partial charge in [-0.05, 0) is 31.0 Å². The van der Waals surface area contributed by atoms with Crippen molar-refractivity contribution in [1.29, 1.82) is 0 Å². The van der Waals surface area contributed by atoms with E-state index in [9.17, 15) is 27.6 Å². The molecule has 26 heavy (non-hydrogen) atoms. The Bertz CT molecular complexity index is 644. The molecule has 1 rings (SSSR count).